The lowest BCUT2D eigenvalue weighted by molar-refractivity contribution is 0.0730. The molecule has 150 valence electrons. The van der Waals surface area contributed by atoms with Crippen LogP contribution in [0.1, 0.15) is 28.9 Å². The van der Waals surface area contributed by atoms with E-state index in [4.69, 9.17) is 4.74 Å². The van der Waals surface area contributed by atoms with E-state index in [-0.39, 0.29) is 23.5 Å². The highest BCUT2D eigenvalue weighted by Gasteiger charge is 2.28. The van der Waals surface area contributed by atoms with Crippen molar-refractivity contribution in [3.8, 4) is 0 Å². The van der Waals surface area contributed by atoms with Gasteiger partial charge in [0.15, 0.2) is 0 Å². The first kappa shape index (κ1) is 20.9. The number of carbonyl (C=O) groups is 1. The second-order valence-electron chi connectivity index (χ2n) is 6.37. The fourth-order valence-electron chi connectivity index (χ4n) is 2.95. The van der Waals surface area contributed by atoms with Crippen molar-refractivity contribution in [1.29, 1.82) is 0 Å². The molecular weight excluding hydrogens is 451 g/mol. The number of halogens is 2. The molecule has 0 saturated carbocycles. The maximum Gasteiger partial charge on any atom is 0.254 e. The third-order valence-corrected chi connectivity index (χ3v) is 7.13. The number of amides is 1. The number of rotatable bonds is 5. The minimum Gasteiger partial charge on any atom is -0.379 e. The standard InChI is InChI=1S/C19H20BrFN2O4S/c1-13(15-4-2-3-5-17(15)20)22-19(24)16-12-14(6-7-18(16)21)28(25,26)23-8-10-27-11-9-23/h2-7,12-13H,8-11H2,1H3,(H,22,24). The van der Waals surface area contributed by atoms with Gasteiger partial charge in [0.05, 0.1) is 29.7 Å². The lowest BCUT2D eigenvalue weighted by Gasteiger charge is -2.26. The summed E-state index contributed by atoms with van der Waals surface area (Å²) in [7, 11) is -3.82. The SMILES string of the molecule is CC(NC(=O)c1cc(S(=O)(=O)N2CCOCC2)ccc1F)c1ccccc1Br. The summed E-state index contributed by atoms with van der Waals surface area (Å²) in [6.07, 6.45) is 0. The van der Waals surface area contributed by atoms with E-state index in [1.807, 2.05) is 24.3 Å². The summed E-state index contributed by atoms with van der Waals surface area (Å²) < 4.78 is 47.1. The Kier molecular flexibility index (Phi) is 6.49. The quantitative estimate of drug-likeness (QED) is 0.728. The van der Waals surface area contributed by atoms with Gasteiger partial charge in [0.1, 0.15) is 5.82 Å². The van der Waals surface area contributed by atoms with Crippen LogP contribution in [0.25, 0.3) is 0 Å². The van der Waals surface area contributed by atoms with Crippen LogP contribution in [0.5, 0.6) is 0 Å². The number of hydrogen-bond acceptors (Lipinski definition) is 4. The fourth-order valence-corrected chi connectivity index (χ4v) is 5.02. The van der Waals surface area contributed by atoms with Crippen molar-refractivity contribution in [2.45, 2.75) is 17.9 Å². The normalized spacial score (nSPS) is 16.5. The predicted octanol–water partition coefficient (Wildman–Crippen LogP) is 3.10. The number of ether oxygens (including phenoxy) is 1. The third-order valence-electron chi connectivity index (χ3n) is 4.51. The molecule has 6 nitrogen and oxygen atoms in total. The first-order chi connectivity index (χ1) is 13.3. The molecule has 0 aliphatic carbocycles. The van der Waals surface area contributed by atoms with Crippen LogP contribution in [0.15, 0.2) is 51.8 Å². The van der Waals surface area contributed by atoms with E-state index in [9.17, 15) is 17.6 Å². The molecule has 2 aromatic carbocycles. The average Bonchev–Trinajstić information content (AvgIpc) is 2.69. The molecule has 3 rings (SSSR count). The van der Waals surface area contributed by atoms with Gasteiger partial charge >= 0.3 is 0 Å². The summed E-state index contributed by atoms with van der Waals surface area (Å²) in [4.78, 5) is 12.5. The lowest BCUT2D eigenvalue weighted by Crippen LogP contribution is -2.40. The number of nitrogens with zero attached hydrogens (tertiary/aromatic N) is 1. The molecule has 1 atom stereocenters. The second kappa shape index (κ2) is 8.69. The number of sulfonamides is 1. The van der Waals surface area contributed by atoms with E-state index in [0.29, 0.717) is 13.2 Å². The summed E-state index contributed by atoms with van der Waals surface area (Å²) >= 11 is 3.42. The summed E-state index contributed by atoms with van der Waals surface area (Å²) in [6.45, 7) is 2.82. The molecule has 1 amide bonds. The zero-order chi connectivity index (χ0) is 20.3. The van der Waals surface area contributed by atoms with E-state index >= 15 is 0 Å². The first-order valence-electron chi connectivity index (χ1n) is 8.73. The van der Waals surface area contributed by atoms with Gasteiger partial charge in [-0.3, -0.25) is 4.79 Å². The van der Waals surface area contributed by atoms with Gasteiger partial charge in [-0.25, -0.2) is 12.8 Å². The van der Waals surface area contributed by atoms with Crippen molar-refractivity contribution < 1.29 is 22.3 Å². The van der Waals surface area contributed by atoms with Crippen molar-refractivity contribution in [3.05, 3.63) is 63.9 Å². The second-order valence-corrected chi connectivity index (χ2v) is 9.17. The summed E-state index contributed by atoms with van der Waals surface area (Å²) in [5.74, 6) is -1.46. The number of hydrogen-bond donors (Lipinski definition) is 1. The topological polar surface area (TPSA) is 75.7 Å². The highest BCUT2D eigenvalue weighted by atomic mass is 79.9. The van der Waals surface area contributed by atoms with E-state index in [2.05, 4.69) is 21.2 Å². The first-order valence-corrected chi connectivity index (χ1v) is 11.0. The molecule has 1 heterocycles. The number of nitrogens with one attached hydrogen (secondary N) is 1. The zero-order valence-corrected chi connectivity index (χ0v) is 17.6. The average molecular weight is 471 g/mol. The molecule has 1 N–H and O–H groups in total. The van der Waals surface area contributed by atoms with Crippen LogP contribution in [-0.2, 0) is 14.8 Å². The van der Waals surface area contributed by atoms with Crippen molar-refractivity contribution in [2.24, 2.45) is 0 Å². The third kappa shape index (κ3) is 4.43. The lowest BCUT2D eigenvalue weighted by atomic mass is 10.1. The summed E-state index contributed by atoms with van der Waals surface area (Å²) in [6, 6.07) is 10.2. The van der Waals surface area contributed by atoms with Crippen LogP contribution in [0.2, 0.25) is 0 Å². The highest BCUT2D eigenvalue weighted by molar-refractivity contribution is 9.10. The molecule has 1 fully saturated rings. The Bertz CT molecular complexity index is 978. The van der Waals surface area contributed by atoms with Crippen LogP contribution in [-0.4, -0.2) is 44.9 Å². The molecule has 1 aliphatic heterocycles. The zero-order valence-electron chi connectivity index (χ0n) is 15.2. The van der Waals surface area contributed by atoms with E-state index in [1.165, 1.54) is 10.4 Å². The van der Waals surface area contributed by atoms with Crippen molar-refractivity contribution in [2.75, 3.05) is 26.3 Å². The van der Waals surface area contributed by atoms with Gasteiger partial charge < -0.3 is 10.1 Å². The molecule has 0 spiro atoms. The minimum atomic E-state index is -3.82. The molecule has 0 radical (unpaired) electrons. The highest BCUT2D eigenvalue weighted by Crippen LogP contribution is 2.24. The molecule has 1 unspecified atom stereocenters. The summed E-state index contributed by atoms with van der Waals surface area (Å²) in [5.41, 5.74) is 0.515. The van der Waals surface area contributed by atoms with Gasteiger partial charge in [-0.15, -0.1) is 0 Å². The largest absolute Gasteiger partial charge is 0.379 e. The van der Waals surface area contributed by atoms with Gasteiger partial charge in [-0.1, -0.05) is 34.1 Å². The number of morpholine rings is 1. The molecule has 0 aromatic heterocycles. The van der Waals surface area contributed by atoms with Crippen LogP contribution in [0.4, 0.5) is 4.39 Å². The Hall–Kier alpha value is -1.81. The van der Waals surface area contributed by atoms with Crippen LogP contribution < -0.4 is 5.32 Å². The minimum absolute atomic E-state index is 0.116. The maximum absolute atomic E-state index is 14.3. The maximum atomic E-state index is 14.3. The molecule has 9 heteroatoms. The van der Waals surface area contributed by atoms with E-state index < -0.39 is 27.8 Å². The smallest absolute Gasteiger partial charge is 0.254 e. The number of benzene rings is 2. The monoisotopic (exact) mass is 470 g/mol. The Morgan fingerprint density at radius 2 is 1.89 bits per heavy atom. The molecule has 28 heavy (non-hydrogen) atoms. The molecule has 1 aliphatic rings. The van der Waals surface area contributed by atoms with Gasteiger partial charge in [-0.05, 0) is 36.8 Å². The Morgan fingerprint density at radius 1 is 1.21 bits per heavy atom. The summed E-state index contributed by atoms with van der Waals surface area (Å²) in [5, 5.41) is 2.71. The fraction of sp³-hybridized carbons (Fsp3) is 0.316. The Morgan fingerprint density at radius 3 is 2.57 bits per heavy atom. The molecular formula is C19H20BrFN2O4S. The molecule has 2 aromatic rings. The van der Waals surface area contributed by atoms with Gasteiger partial charge in [-0.2, -0.15) is 4.31 Å². The van der Waals surface area contributed by atoms with Crippen LogP contribution in [0, 0.1) is 5.82 Å². The van der Waals surface area contributed by atoms with E-state index in [0.717, 1.165) is 22.2 Å². The number of carbonyl (C=O) groups excluding carboxylic acids is 1. The van der Waals surface area contributed by atoms with Gasteiger partial charge in [0, 0.05) is 17.6 Å². The van der Waals surface area contributed by atoms with Crippen LogP contribution in [0.3, 0.4) is 0 Å². The predicted molar refractivity (Wildman–Crippen MR) is 106 cm³/mol. The van der Waals surface area contributed by atoms with E-state index in [1.54, 1.807) is 6.92 Å². The molecule has 1 saturated heterocycles. The van der Waals surface area contributed by atoms with Gasteiger partial charge in [0.25, 0.3) is 5.91 Å². The Labute approximate surface area is 171 Å². The molecule has 0 bridgehead atoms. The Balaban J connectivity index is 1.85. The van der Waals surface area contributed by atoms with Crippen molar-refractivity contribution in [1.82, 2.24) is 9.62 Å². The van der Waals surface area contributed by atoms with Crippen molar-refractivity contribution in [3.63, 3.8) is 0 Å². The van der Waals surface area contributed by atoms with Crippen molar-refractivity contribution >= 4 is 31.9 Å². The van der Waals surface area contributed by atoms with Crippen LogP contribution >= 0.6 is 15.9 Å². The van der Waals surface area contributed by atoms with Gasteiger partial charge in [0.2, 0.25) is 10.0 Å².